The zero-order valence-electron chi connectivity index (χ0n) is 15.7. The molecule has 0 aliphatic carbocycles. The van der Waals surface area contributed by atoms with Gasteiger partial charge in [0.2, 0.25) is 6.23 Å². The molecule has 0 fully saturated rings. The summed E-state index contributed by atoms with van der Waals surface area (Å²) in [6, 6.07) is 20.5. The van der Waals surface area contributed by atoms with E-state index in [4.69, 9.17) is 26.2 Å². The van der Waals surface area contributed by atoms with Crippen LogP contribution in [0.1, 0.15) is 35.4 Å². The van der Waals surface area contributed by atoms with Crippen LogP contribution in [0.3, 0.4) is 0 Å². The number of methoxy groups -OCH3 is 1. The second-order valence-corrected chi connectivity index (χ2v) is 7.47. The van der Waals surface area contributed by atoms with Gasteiger partial charge in [-0.2, -0.15) is 5.10 Å². The van der Waals surface area contributed by atoms with Crippen LogP contribution in [0.2, 0.25) is 5.02 Å². The summed E-state index contributed by atoms with van der Waals surface area (Å²) in [7, 11) is 1.65. The minimum atomic E-state index is -0.537. The number of hydrogen-bond donors (Lipinski definition) is 0. The fraction of sp³-hybridized carbons (Fsp3) is 0.174. The van der Waals surface area contributed by atoms with Gasteiger partial charge >= 0.3 is 0 Å². The number of nitrogens with zero attached hydrogens (tertiary/aromatic N) is 2. The molecule has 0 aromatic heterocycles. The van der Waals surface area contributed by atoms with Crippen LogP contribution in [0, 0.1) is 5.82 Å². The summed E-state index contributed by atoms with van der Waals surface area (Å²) in [6.07, 6.45) is 0.185. The maximum atomic E-state index is 14.1. The SMILES string of the molecule is COc1cccc(C2=NN3[C@@H](c4ccc(Cl)c(F)c4)Oc4ccccc4[C@@H]3C2)c1. The van der Waals surface area contributed by atoms with Crippen LogP contribution in [0.5, 0.6) is 11.5 Å². The molecule has 3 aromatic rings. The van der Waals surface area contributed by atoms with E-state index < -0.39 is 12.0 Å². The molecular formula is C23H18ClFN2O2. The number of hydrogen-bond acceptors (Lipinski definition) is 4. The van der Waals surface area contributed by atoms with Crippen LogP contribution in [0.15, 0.2) is 71.8 Å². The topological polar surface area (TPSA) is 34.1 Å². The first kappa shape index (κ1) is 18.0. The standard InChI is InChI=1S/C23H18ClFN2O2/c1-28-16-6-4-5-14(11-16)20-13-21-17-7-2-3-8-22(17)29-23(27(21)26-20)15-9-10-18(24)19(25)12-15/h2-12,21,23H,13H2,1H3/t21-,23+/m0/s1. The summed E-state index contributed by atoms with van der Waals surface area (Å²) in [5.74, 6) is 1.10. The van der Waals surface area contributed by atoms with Gasteiger partial charge in [-0.15, -0.1) is 0 Å². The first-order valence-corrected chi connectivity index (χ1v) is 9.72. The number of halogens is 2. The Bertz CT molecular complexity index is 1120. The van der Waals surface area contributed by atoms with Crippen molar-refractivity contribution in [3.63, 3.8) is 0 Å². The van der Waals surface area contributed by atoms with E-state index in [-0.39, 0.29) is 11.1 Å². The fourth-order valence-electron chi connectivity index (χ4n) is 3.90. The van der Waals surface area contributed by atoms with Gasteiger partial charge in [-0.25, -0.2) is 9.40 Å². The molecule has 5 rings (SSSR count). The van der Waals surface area contributed by atoms with Crippen molar-refractivity contribution in [2.75, 3.05) is 7.11 Å². The Labute approximate surface area is 173 Å². The van der Waals surface area contributed by atoms with Crippen LogP contribution in [-0.4, -0.2) is 17.8 Å². The summed E-state index contributed by atoms with van der Waals surface area (Å²) in [5.41, 5.74) is 3.67. The summed E-state index contributed by atoms with van der Waals surface area (Å²) in [6.45, 7) is 0. The Kier molecular flexibility index (Phi) is 4.40. The highest BCUT2D eigenvalue weighted by atomic mass is 35.5. The van der Waals surface area contributed by atoms with Crippen LogP contribution < -0.4 is 9.47 Å². The minimum Gasteiger partial charge on any atom is -0.497 e. The van der Waals surface area contributed by atoms with E-state index in [0.29, 0.717) is 5.56 Å². The molecule has 0 unspecified atom stereocenters. The van der Waals surface area contributed by atoms with Crippen LogP contribution in [0.25, 0.3) is 0 Å². The molecule has 3 aromatic carbocycles. The summed E-state index contributed by atoms with van der Waals surface area (Å²) in [5, 5.41) is 6.88. The van der Waals surface area contributed by atoms with E-state index in [9.17, 15) is 4.39 Å². The second-order valence-electron chi connectivity index (χ2n) is 7.06. The lowest BCUT2D eigenvalue weighted by Gasteiger charge is -2.38. The molecule has 0 radical (unpaired) electrons. The van der Waals surface area contributed by atoms with E-state index >= 15 is 0 Å². The van der Waals surface area contributed by atoms with Gasteiger partial charge in [-0.05, 0) is 30.3 Å². The summed E-state index contributed by atoms with van der Waals surface area (Å²) >= 11 is 5.87. The number of para-hydroxylation sites is 1. The van der Waals surface area contributed by atoms with Crippen molar-refractivity contribution in [2.45, 2.75) is 18.7 Å². The lowest BCUT2D eigenvalue weighted by atomic mass is 9.96. The van der Waals surface area contributed by atoms with Gasteiger partial charge in [-0.3, -0.25) is 0 Å². The number of benzene rings is 3. The van der Waals surface area contributed by atoms with Crippen molar-refractivity contribution in [1.29, 1.82) is 0 Å². The number of fused-ring (bicyclic) bond motifs is 3. The average Bonchev–Trinajstić information content (AvgIpc) is 3.21. The third-order valence-electron chi connectivity index (χ3n) is 5.33. The van der Waals surface area contributed by atoms with Crippen LogP contribution in [0.4, 0.5) is 4.39 Å². The van der Waals surface area contributed by atoms with Gasteiger partial charge in [0.15, 0.2) is 0 Å². The molecule has 2 aliphatic heterocycles. The first-order valence-electron chi connectivity index (χ1n) is 9.35. The lowest BCUT2D eigenvalue weighted by molar-refractivity contribution is -0.0192. The van der Waals surface area contributed by atoms with Gasteiger partial charge in [0.1, 0.15) is 17.3 Å². The highest BCUT2D eigenvalue weighted by molar-refractivity contribution is 6.30. The maximum absolute atomic E-state index is 14.1. The average molecular weight is 409 g/mol. The minimum absolute atomic E-state index is 0.00453. The molecule has 0 N–H and O–H groups in total. The van der Waals surface area contributed by atoms with Gasteiger partial charge in [-0.1, -0.05) is 48.0 Å². The van der Waals surface area contributed by atoms with Gasteiger partial charge < -0.3 is 9.47 Å². The molecule has 0 amide bonds. The molecule has 0 saturated carbocycles. The Morgan fingerprint density at radius 1 is 1.10 bits per heavy atom. The number of ether oxygens (including phenoxy) is 2. The van der Waals surface area contributed by atoms with E-state index in [1.165, 1.54) is 6.07 Å². The smallest absolute Gasteiger partial charge is 0.213 e. The van der Waals surface area contributed by atoms with Crippen molar-refractivity contribution in [3.05, 3.63) is 94.3 Å². The highest BCUT2D eigenvalue weighted by Crippen LogP contribution is 2.47. The van der Waals surface area contributed by atoms with Crippen LogP contribution in [-0.2, 0) is 0 Å². The Hall–Kier alpha value is -3.05. The fourth-order valence-corrected chi connectivity index (χ4v) is 4.01. The Balaban J connectivity index is 1.59. The normalized spacial score (nSPS) is 19.8. The number of rotatable bonds is 3. The predicted molar refractivity (Wildman–Crippen MR) is 110 cm³/mol. The highest BCUT2D eigenvalue weighted by Gasteiger charge is 2.41. The summed E-state index contributed by atoms with van der Waals surface area (Å²) < 4.78 is 25.7. The van der Waals surface area contributed by atoms with Crippen molar-refractivity contribution >= 4 is 17.3 Å². The quantitative estimate of drug-likeness (QED) is 0.555. The monoisotopic (exact) mass is 408 g/mol. The molecule has 4 nitrogen and oxygen atoms in total. The predicted octanol–water partition coefficient (Wildman–Crippen LogP) is 5.73. The van der Waals surface area contributed by atoms with Gasteiger partial charge in [0.25, 0.3) is 0 Å². The van der Waals surface area contributed by atoms with Crippen molar-refractivity contribution < 1.29 is 13.9 Å². The van der Waals surface area contributed by atoms with E-state index in [1.807, 2.05) is 47.5 Å². The Morgan fingerprint density at radius 3 is 2.79 bits per heavy atom. The third kappa shape index (κ3) is 3.12. The molecule has 29 heavy (non-hydrogen) atoms. The van der Waals surface area contributed by atoms with Gasteiger partial charge in [0, 0.05) is 23.1 Å². The largest absolute Gasteiger partial charge is 0.497 e. The lowest BCUT2D eigenvalue weighted by Crippen LogP contribution is -2.33. The molecule has 2 aliphatic rings. The summed E-state index contributed by atoms with van der Waals surface area (Å²) in [4.78, 5) is 0. The maximum Gasteiger partial charge on any atom is 0.213 e. The van der Waals surface area contributed by atoms with Crippen molar-refractivity contribution in [1.82, 2.24) is 5.01 Å². The third-order valence-corrected chi connectivity index (χ3v) is 5.64. The van der Waals surface area contributed by atoms with Crippen LogP contribution >= 0.6 is 11.6 Å². The molecule has 0 bridgehead atoms. The molecule has 0 saturated heterocycles. The molecule has 6 heteroatoms. The van der Waals surface area contributed by atoms with E-state index in [0.717, 1.165) is 34.8 Å². The molecular weight excluding hydrogens is 391 g/mol. The zero-order chi connectivity index (χ0) is 20.0. The van der Waals surface area contributed by atoms with E-state index in [2.05, 4.69) is 6.07 Å². The molecule has 0 spiro atoms. The van der Waals surface area contributed by atoms with Crippen molar-refractivity contribution in [2.24, 2.45) is 5.10 Å². The van der Waals surface area contributed by atoms with Gasteiger partial charge in [0.05, 0.1) is 23.9 Å². The first-order chi connectivity index (χ1) is 14.1. The molecule has 146 valence electrons. The number of hydrazone groups is 1. The second kappa shape index (κ2) is 7.08. The zero-order valence-corrected chi connectivity index (χ0v) is 16.4. The van der Waals surface area contributed by atoms with Crippen molar-refractivity contribution in [3.8, 4) is 11.5 Å². The van der Waals surface area contributed by atoms with E-state index in [1.54, 1.807) is 19.2 Å². The Morgan fingerprint density at radius 2 is 1.97 bits per heavy atom. The molecule has 2 atom stereocenters. The molecule has 2 heterocycles.